The molecule has 1 rings (SSSR count). The Labute approximate surface area is 113 Å². The van der Waals surface area contributed by atoms with Crippen molar-refractivity contribution in [2.75, 3.05) is 0 Å². The number of halogens is 3. The summed E-state index contributed by atoms with van der Waals surface area (Å²) >= 11 is 0. The number of alkyl halides is 3. The number of nitrogens with two attached hydrogens (primary N) is 1. The van der Waals surface area contributed by atoms with Gasteiger partial charge in [-0.25, -0.2) is 5.43 Å². The first-order chi connectivity index (χ1) is 9.25. The zero-order valence-corrected chi connectivity index (χ0v) is 10.6. The molecule has 8 heteroatoms. The lowest BCUT2D eigenvalue weighted by Crippen LogP contribution is -2.50. The Morgan fingerprint density at radius 3 is 2.10 bits per heavy atom. The first kappa shape index (κ1) is 16.0. The van der Waals surface area contributed by atoms with E-state index in [9.17, 15) is 22.8 Å². The summed E-state index contributed by atoms with van der Waals surface area (Å²) in [6.07, 6.45) is -4.66. The molecule has 0 aromatic heterocycles. The van der Waals surface area contributed by atoms with Gasteiger partial charge in [-0.05, 0) is 30.7 Å². The Morgan fingerprint density at radius 2 is 1.70 bits per heavy atom. The molecule has 1 aromatic carbocycles. The Kier molecular flexibility index (Phi) is 5.09. The van der Waals surface area contributed by atoms with E-state index in [-0.39, 0.29) is 17.5 Å². The molecule has 5 nitrogen and oxygen atoms in total. The van der Waals surface area contributed by atoms with Gasteiger partial charge < -0.3 is 5.73 Å². The lowest BCUT2D eigenvalue weighted by molar-refractivity contribution is -0.158. The van der Waals surface area contributed by atoms with Crippen molar-refractivity contribution < 1.29 is 22.8 Å². The number of carbonyl (C=O) groups excluding carboxylic acids is 2. The third-order valence-corrected chi connectivity index (χ3v) is 2.59. The van der Waals surface area contributed by atoms with Crippen LogP contribution in [-0.4, -0.2) is 24.0 Å². The van der Waals surface area contributed by atoms with E-state index < -0.39 is 24.0 Å². The quantitative estimate of drug-likeness (QED) is 0.716. The van der Waals surface area contributed by atoms with Gasteiger partial charge in [0.25, 0.3) is 5.91 Å². The van der Waals surface area contributed by atoms with E-state index >= 15 is 0 Å². The number of carbonyl (C=O) groups is 2. The summed E-state index contributed by atoms with van der Waals surface area (Å²) in [7, 11) is 0. The lowest BCUT2D eigenvalue weighted by atomic mass is 10.1. The molecule has 0 aliphatic heterocycles. The minimum atomic E-state index is -4.45. The molecule has 0 heterocycles. The SMILES string of the molecule is CCC(NNC(=O)c1ccc(C(N)=O)cc1)C(F)(F)F. The van der Waals surface area contributed by atoms with Gasteiger partial charge in [0.2, 0.25) is 5.91 Å². The normalized spacial score (nSPS) is 12.8. The van der Waals surface area contributed by atoms with E-state index in [0.717, 1.165) is 0 Å². The molecular formula is C12H14F3N3O2. The second-order valence-corrected chi connectivity index (χ2v) is 4.04. The Bertz CT molecular complexity index is 486. The number of hydrogen-bond donors (Lipinski definition) is 3. The van der Waals surface area contributed by atoms with Gasteiger partial charge in [-0.2, -0.15) is 13.2 Å². The largest absolute Gasteiger partial charge is 0.405 e. The minimum Gasteiger partial charge on any atom is -0.366 e. The summed E-state index contributed by atoms with van der Waals surface area (Å²) in [5, 5.41) is 0. The van der Waals surface area contributed by atoms with Crippen molar-refractivity contribution in [1.82, 2.24) is 10.9 Å². The van der Waals surface area contributed by atoms with Crippen molar-refractivity contribution >= 4 is 11.8 Å². The average molecular weight is 289 g/mol. The third kappa shape index (κ3) is 4.23. The van der Waals surface area contributed by atoms with Gasteiger partial charge in [-0.1, -0.05) is 6.92 Å². The van der Waals surface area contributed by atoms with Crippen LogP contribution in [0.1, 0.15) is 34.1 Å². The van der Waals surface area contributed by atoms with E-state index in [1.165, 1.54) is 31.2 Å². The summed E-state index contributed by atoms with van der Waals surface area (Å²) < 4.78 is 37.3. The van der Waals surface area contributed by atoms with Crippen molar-refractivity contribution in [3.8, 4) is 0 Å². The van der Waals surface area contributed by atoms with Crippen molar-refractivity contribution in [3.63, 3.8) is 0 Å². The molecule has 0 radical (unpaired) electrons. The van der Waals surface area contributed by atoms with Crippen LogP contribution >= 0.6 is 0 Å². The highest BCUT2D eigenvalue weighted by Crippen LogP contribution is 2.21. The molecule has 0 spiro atoms. The van der Waals surface area contributed by atoms with E-state index in [0.29, 0.717) is 0 Å². The van der Waals surface area contributed by atoms with Crippen LogP contribution in [0.4, 0.5) is 13.2 Å². The number of primary amides is 1. The predicted octanol–water partition coefficient (Wildman–Crippen LogP) is 1.36. The number of amides is 2. The van der Waals surface area contributed by atoms with Crippen LogP contribution in [0.5, 0.6) is 0 Å². The maximum atomic E-state index is 12.4. The maximum absolute atomic E-state index is 12.4. The van der Waals surface area contributed by atoms with E-state index in [1.807, 2.05) is 10.9 Å². The van der Waals surface area contributed by atoms with Gasteiger partial charge in [0.1, 0.15) is 6.04 Å². The molecule has 0 saturated carbocycles. The lowest BCUT2D eigenvalue weighted by Gasteiger charge is -2.20. The second-order valence-electron chi connectivity index (χ2n) is 4.04. The van der Waals surface area contributed by atoms with Gasteiger partial charge in [0.15, 0.2) is 0 Å². The first-order valence-electron chi connectivity index (χ1n) is 5.78. The highest BCUT2D eigenvalue weighted by Gasteiger charge is 2.38. The average Bonchev–Trinajstić information content (AvgIpc) is 2.37. The number of hydrogen-bond acceptors (Lipinski definition) is 3. The highest BCUT2D eigenvalue weighted by molar-refractivity contribution is 5.97. The van der Waals surface area contributed by atoms with Crippen LogP contribution in [0.15, 0.2) is 24.3 Å². The van der Waals surface area contributed by atoms with Crippen LogP contribution in [-0.2, 0) is 0 Å². The fourth-order valence-corrected chi connectivity index (χ4v) is 1.43. The van der Waals surface area contributed by atoms with Crippen molar-refractivity contribution in [1.29, 1.82) is 0 Å². The fraction of sp³-hybridized carbons (Fsp3) is 0.333. The summed E-state index contributed by atoms with van der Waals surface area (Å²) in [6.45, 7) is 1.35. The van der Waals surface area contributed by atoms with Gasteiger partial charge in [-0.15, -0.1) is 0 Å². The molecule has 4 N–H and O–H groups in total. The molecule has 2 amide bonds. The van der Waals surface area contributed by atoms with E-state index in [4.69, 9.17) is 5.73 Å². The van der Waals surface area contributed by atoms with Gasteiger partial charge in [0, 0.05) is 11.1 Å². The molecule has 0 fully saturated rings. The number of rotatable bonds is 5. The van der Waals surface area contributed by atoms with Crippen LogP contribution in [0, 0.1) is 0 Å². The number of nitrogens with one attached hydrogen (secondary N) is 2. The van der Waals surface area contributed by atoms with Crippen LogP contribution in [0.3, 0.4) is 0 Å². The van der Waals surface area contributed by atoms with Crippen molar-refractivity contribution in [2.24, 2.45) is 5.73 Å². The van der Waals surface area contributed by atoms with Crippen LogP contribution in [0.25, 0.3) is 0 Å². The molecule has 1 atom stereocenters. The zero-order chi connectivity index (χ0) is 15.3. The molecule has 0 saturated heterocycles. The third-order valence-electron chi connectivity index (χ3n) is 2.59. The summed E-state index contributed by atoms with van der Waals surface area (Å²) in [6, 6.07) is 3.41. The molecule has 0 aliphatic carbocycles. The maximum Gasteiger partial charge on any atom is 0.405 e. The van der Waals surface area contributed by atoms with E-state index in [2.05, 4.69) is 0 Å². The Hall–Kier alpha value is -2.09. The molecule has 20 heavy (non-hydrogen) atoms. The standard InChI is InChI=1S/C12H14F3N3O2/c1-2-9(12(13,14)15)17-18-11(20)8-5-3-7(4-6-8)10(16)19/h3-6,9,17H,2H2,1H3,(H2,16,19)(H,18,20). The van der Waals surface area contributed by atoms with E-state index in [1.54, 1.807) is 0 Å². The monoisotopic (exact) mass is 289 g/mol. The second kappa shape index (κ2) is 6.38. The summed E-state index contributed by atoms with van der Waals surface area (Å²) in [5.41, 5.74) is 9.25. The molecule has 1 aromatic rings. The highest BCUT2D eigenvalue weighted by atomic mass is 19.4. The summed E-state index contributed by atoms with van der Waals surface area (Å²) in [5.74, 6) is -1.39. The van der Waals surface area contributed by atoms with Crippen LogP contribution in [0.2, 0.25) is 0 Å². The summed E-state index contributed by atoms with van der Waals surface area (Å²) in [4.78, 5) is 22.4. The predicted molar refractivity (Wildman–Crippen MR) is 65.7 cm³/mol. The van der Waals surface area contributed by atoms with Crippen LogP contribution < -0.4 is 16.6 Å². The van der Waals surface area contributed by atoms with Gasteiger partial charge >= 0.3 is 6.18 Å². The number of hydrazine groups is 1. The smallest absolute Gasteiger partial charge is 0.366 e. The molecule has 1 unspecified atom stereocenters. The zero-order valence-electron chi connectivity index (χ0n) is 10.6. The molecule has 110 valence electrons. The molecule has 0 aliphatic rings. The number of benzene rings is 1. The van der Waals surface area contributed by atoms with Gasteiger partial charge in [-0.3, -0.25) is 15.0 Å². The van der Waals surface area contributed by atoms with Crippen molar-refractivity contribution in [3.05, 3.63) is 35.4 Å². The first-order valence-corrected chi connectivity index (χ1v) is 5.78. The Balaban J connectivity index is 2.65. The molecular weight excluding hydrogens is 275 g/mol. The van der Waals surface area contributed by atoms with Crippen molar-refractivity contribution in [2.45, 2.75) is 25.6 Å². The minimum absolute atomic E-state index is 0.111. The Morgan fingerprint density at radius 1 is 1.20 bits per heavy atom. The topological polar surface area (TPSA) is 84.2 Å². The fourth-order valence-electron chi connectivity index (χ4n) is 1.43. The van der Waals surface area contributed by atoms with Gasteiger partial charge in [0.05, 0.1) is 0 Å². The molecule has 0 bridgehead atoms.